The second-order valence-electron chi connectivity index (χ2n) is 6.11. The first-order valence-electron chi connectivity index (χ1n) is 8.67. The summed E-state index contributed by atoms with van der Waals surface area (Å²) >= 11 is 0. The molecule has 3 N–H and O–H groups in total. The molecule has 3 aromatic rings. The van der Waals surface area contributed by atoms with Crippen molar-refractivity contribution in [2.75, 3.05) is 11.1 Å². The Kier molecular flexibility index (Phi) is 6.01. The number of rotatable bonds is 7. The molecule has 3 rings (SSSR count). The van der Waals surface area contributed by atoms with Crippen LogP contribution in [0.5, 0.6) is 11.5 Å². The number of aromatic nitrogens is 2. The fourth-order valence-electron chi connectivity index (χ4n) is 2.56. The molecule has 1 heterocycles. The Bertz CT molecular complexity index is 1160. The number of phenols is 1. The summed E-state index contributed by atoms with van der Waals surface area (Å²) in [5.41, 5.74) is 0.890. The van der Waals surface area contributed by atoms with Gasteiger partial charge in [-0.05, 0) is 48.5 Å². The van der Waals surface area contributed by atoms with E-state index in [0.717, 1.165) is 0 Å². The zero-order valence-electron chi connectivity index (χ0n) is 15.6. The topological polar surface area (TPSA) is 121 Å². The van der Waals surface area contributed by atoms with Crippen LogP contribution in [-0.4, -0.2) is 42.0 Å². The molecule has 0 saturated heterocycles. The lowest BCUT2D eigenvalue weighted by molar-refractivity contribution is -0.0498. The molecule has 0 aliphatic heterocycles. The first kappa shape index (κ1) is 21.2. The minimum atomic E-state index is -3.52. The van der Waals surface area contributed by atoms with Crippen molar-refractivity contribution in [1.29, 1.82) is 0 Å². The molecule has 30 heavy (non-hydrogen) atoms. The molecule has 0 aliphatic carbocycles. The standard InChI is InChI=1S/C19H17F2N3O5S/c1-2-30(27,28)13-7-8-17(25)15(9-13)22-18(26)16-10-14(23-24-16)11-3-5-12(6-4-11)29-19(20)21/h3-10,19,25H,2H2,1H3,(H,22,26)(H,23,24). The molecule has 8 nitrogen and oxygen atoms in total. The summed E-state index contributed by atoms with van der Waals surface area (Å²) in [4.78, 5) is 12.4. The minimum Gasteiger partial charge on any atom is -0.506 e. The lowest BCUT2D eigenvalue weighted by Gasteiger charge is -2.09. The highest BCUT2D eigenvalue weighted by atomic mass is 32.2. The molecular weight excluding hydrogens is 420 g/mol. The summed E-state index contributed by atoms with van der Waals surface area (Å²) in [6.07, 6.45) is 0. The van der Waals surface area contributed by atoms with Gasteiger partial charge in [-0.25, -0.2) is 8.42 Å². The number of carbonyl (C=O) groups is 1. The zero-order valence-corrected chi connectivity index (χ0v) is 16.4. The van der Waals surface area contributed by atoms with Gasteiger partial charge >= 0.3 is 6.61 Å². The lowest BCUT2D eigenvalue weighted by atomic mass is 10.1. The number of hydrogen-bond donors (Lipinski definition) is 3. The number of carbonyl (C=O) groups excluding carboxylic acids is 1. The Morgan fingerprint density at radius 3 is 2.53 bits per heavy atom. The van der Waals surface area contributed by atoms with E-state index in [-0.39, 0.29) is 33.5 Å². The quantitative estimate of drug-likeness (QED) is 0.487. The van der Waals surface area contributed by atoms with Gasteiger partial charge in [-0.1, -0.05) is 6.92 Å². The maximum absolute atomic E-state index is 12.5. The van der Waals surface area contributed by atoms with Crippen molar-refractivity contribution in [3.8, 4) is 22.8 Å². The third-order valence-corrected chi connectivity index (χ3v) is 5.89. The average molecular weight is 437 g/mol. The number of nitrogens with zero attached hydrogens (tertiary/aromatic N) is 1. The number of sulfone groups is 1. The summed E-state index contributed by atoms with van der Waals surface area (Å²) in [5.74, 6) is -1.10. The summed E-state index contributed by atoms with van der Waals surface area (Å²) < 4.78 is 52.7. The van der Waals surface area contributed by atoms with Crippen molar-refractivity contribution in [3.05, 3.63) is 54.2 Å². The Morgan fingerprint density at radius 1 is 1.20 bits per heavy atom. The predicted molar refractivity (Wildman–Crippen MR) is 104 cm³/mol. The van der Waals surface area contributed by atoms with Crippen molar-refractivity contribution in [1.82, 2.24) is 10.2 Å². The molecule has 1 aromatic heterocycles. The molecule has 158 valence electrons. The molecule has 0 unspecified atom stereocenters. The van der Waals surface area contributed by atoms with Crippen LogP contribution in [0.4, 0.5) is 14.5 Å². The highest BCUT2D eigenvalue weighted by molar-refractivity contribution is 7.91. The molecule has 0 atom stereocenters. The summed E-state index contributed by atoms with van der Waals surface area (Å²) in [5, 5.41) is 18.9. The zero-order chi connectivity index (χ0) is 21.9. The van der Waals surface area contributed by atoms with E-state index >= 15 is 0 Å². The molecule has 0 bridgehead atoms. The smallest absolute Gasteiger partial charge is 0.387 e. The number of benzene rings is 2. The molecule has 0 aliphatic rings. The second kappa shape index (κ2) is 8.49. The number of phenolic OH excluding ortho intramolecular Hbond substituents is 1. The van der Waals surface area contributed by atoms with Crippen LogP contribution in [-0.2, 0) is 9.84 Å². The van der Waals surface area contributed by atoms with Crippen LogP contribution in [0.3, 0.4) is 0 Å². The average Bonchev–Trinajstić information content (AvgIpc) is 3.20. The van der Waals surface area contributed by atoms with Gasteiger partial charge < -0.3 is 15.2 Å². The van der Waals surface area contributed by atoms with Gasteiger partial charge in [0.25, 0.3) is 5.91 Å². The third-order valence-electron chi connectivity index (χ3n) is 4.15. The van der Waals surface area contributed by atoms with Crippen LogP contribution in [0.15, 0.2) is 53.4 Å². The van der Waals surface area contributed by atoms with Crippen molar-refractivity contribution >= 4 is 21.4 Å². The summed E-state index contributed by atoms with van der Waals surface area (Å²) in [7, 11) is -3.52. The van der Waals surface area contributed by atoms with Gasteiger partial charge in [0.2, 0.25) is 0 Å². The molecule has 11 heteroatoms. The van der Waals surface area contributed by atoms with E-state index in [1.165, 1.54) is 55.5 Å². The summed E-state index contributed by atoms with van der Waals surface area (Å²) in [6, 6.07) is 10.7. The van der Waals surface area contributed by atoms with Crippen LogP contribution in [0.25, 0.3) is 11.3 Å². The largest absolute Gasteiger partial charge is 0.506 e. The number of amides is 1. The van der Waals surface area contributed by atoms with Gasteiger partial charge in [-0.15, -0.1) is 0 Å². The number of anilines is 1. The van der Waals surface area contributed by atoms with E-state index in [0.29, 0.717) is 11.3 Å². The fourth-order valence-corrected chi connectivity index (χ4v) is 3.46. The van der Waals surface area contributed by atoms with Crippen molar-refractivity contribution in [2.45, 2.75) is 18.4 Å². The number of hydrogen-bond acceptors (Lipinski definition) is 6. The lowest BCUT2D eigenvalue weighted by Crippen LogP contribution is -2.13. The van der Waals surface area contributed by atoms with Crippen molar-refractivity contribution < 1.29 is 31.8 Å². The first-order chi connectivity index (χ1) is 14.2. The van der Waals surface area contributed by atoms with E-state index in [9.17, 15) is 27.1 Å². The normalized spacial score (nSPS) is 11.5. The minimum absolute atomic E-state index is 0.0142. The Hall–Kier alpha value is -3.47. The number of ether oxygens (including phenoxy) is 1. The number of halogens is 2. The Morgan fingerprint density at radius 2 is 1.90 bits per heavy atom. The maximum atomic E-state index is 12.5. The number of aromatic amines is 1. The molecule has 1 amide bonds. The Labute approximate surface area is 170 Å². The van der Waals surface area contributed by atoms with E-state index < -0.39 is 22.4 Å². The van der Waals surface area contributed by atoms with Gasteiger partial charge in [-0.3, -0.25) is 9.89 Å². The van der Waals surface area contributed by atoms with Gasteiger partial charge in [0.1, 0.15) is 17.2 Å². The van der Waals surface area contributed by atoms with Crippen LogP contribution >= 0.6 is 0 Å². The monoisotopic (exact) mass is 437 g/mol. The number of aromatic hydroxyl groups is 1. The van der Waals surface area contributed by atoms with Crippen LogP contribution in [0, 0.1) is 0 Å². The van der Waals surface area contributed by atoms with E-state index in [4.69, 9.17) is 0 Å². The van der Waals surface area contributed by atoms with Crippen LogP contribution < -0.4 is 10.1 Å². The molecule has 0 fully saturated rings. The predicted octanol–water partition coefficient (Wildman–Crippen LogP) is 3.43. The van der Waals surface area contributed by atoms with Gasteiger partial charge in [0.05, 0.1) is 22.0 Å². The van der Waals surface area contributed by atoms with Crippen molar-refractivity contribution in [2.24, 2.45) is 0 Å². The first-order valence-corrected chi connectivity index (χ1v) is 10.3. The van der Waals surface area contributed by atoms with E-state index in [1.807, 2.05) is 0 Å². The van der Waals surface area contributed by atoms with Crippen LogP contribution in [0.1, 0.15) is 17.4 Å². The molecule has 0 spiro atoms. The van der Waals surface area contributed by atoms with Crippen LogP contribution in [0.2, 0.25) is 0 Å². The van der Waals surface area contributed by atoms with Gasteiger partial charge in [0.15, 0.2) is 9.84 Å². The highest BCUT2D eigenvalue weighted by Gasteiger charge is 2.17. The Balaban J connectivity index is 1.78. The van der Waals surface area contributed by atoms with Gasteiger partial charge in [-0.2, -0.15) is 13.9 Å². The van der Waals surface area contributed by atoms with Gasteiger partial charge in [0, 0.05) is 5.56 Å². The van der Waals surface area contributed by atoms with E-state index in [1.54, 1.807) is 0 Å². The SMILES string of the molecule is CCS(=O)(=O)c1ccc(O)c(NC(=O)c2cc(-c3ccc(OC(F)F)cc3)n[nH]2)c1. The number of nitrogens with one attached hydrogen (secondary N) is 2. The second-order valence-corrected chi connectivity index (χ2v) is 8.38. The fraction of sp³-hybridized carbons (Fsp3) is 0.158. The molecule has 2 aromatic carbocycles. The highest BCUT2D eigenvalue weighted by Crippen LogP contribution is 2.28. The molecular formula is C19H17F2N3O5S. The van der Waals surface area contributed by atoms with Crippen molar-refractivity contribution in [3.63, 3.8) is 0 Å². The molecule has 0 saturated carbocycles. The maximum Gasteiger partial charge on any atom is 0.387 e. The molecule has 0 radical (unpaired) electrons. The third kappa shape index (κ3) is 4.74. The number of H-pyrrole nitrogens is 1. The van der Waals surface area contributed by atoms with E-state index in [2.05, 4.69) is 20.3 Å². The number of alkyl halides is 2. The summed E-state index contributed by atoms with van der Waals surface area (Å²) in [6.45, 7) is -1.45.